The number of halogens is 1. The monoisotopic (exact) mass is 382 g/mol. The van der Waals surface area contributed by atoms with Crippen LogP contribution in [0.15, 0.2) is 52.9 Å². The van der Waals surface area contributed by atoms with Gasteiger partial charge in [0.05, 0.1) is 5.41 Å². The smallest absolute Gasteiger partial charge is 0.260 e. The minimum atomic E-state index is -0.495. The van der Waals surface area contributed by atoms with Crippen LogP contribution in [-0.2, 0) is 10.2 Å². The highest BCUT2D eigenvalue weighted by atomic mass is 19.1. The fourth-order valence-corrected chi connectivity index (χ4v) is 3.81. The number of benzene rings is 2. The minimum absolute atomic E-state index is 0.274. The van der Waals surface area contributed by atoms with Crippen molar-refractivity contribution in [3.63, 3.8) is 0 Å². The van der Waals surface area contributed by atoms with Gasteiger partial charge in [0.1, 0.15) is 12.4 Å². The molecule has 3 aromatic rings. The molecule has 0 N–H and O–H groups in total. The summed E-state index contributed by atoms with van der Waals surface area (Å²) in [7, 11) is 0. The minimum Gasteiger partial charge on any atom is -0.485 e. The highest BCUT2D eigenvalue weighted by molar-refractivity contribution is 5.41. The maximum absolute atomic E-state index is 13.4. The molecule has 0 radical (unpaired) electrons. The predicted octanol–water partition coefficient (Wildman–Crippen LogP) is 3.82. The van der Waals surface area contributed by atoms with Gasteiger partial charge in [-0.1, -0.05) is 24.3 Å². The fraction of sp³-hybridized carbons (Fsp3) is 0.333. The van der Waals surface area contributed by atoms with Crippen molar-refractivity contribution in [2.24, 2.45) is 0 Å². The van der Waals surface area contributed by atoms with Gasteiger partial charge in [0.2, 0.25) is 12.0 Å². The summed E-state index contributed by atoms with van der Waals surface area (Å²) in [6.45, 7) is 1.45. The topological polar surface area (TPSA) is 66.6 Å². The summed E-state index contributed by atoms with van der Waals surface area (Å²) in [5.41, 5.74) is 0.448. The first-order valence-corrected chi connectivity index (χ1v) is 9.31. The normalized spacial score (nSPS) is 20.7. The summed E-state index contributed by atoms with van der Waals surface area (Å²) >= 11 is 0. The number of aromatic nitrogens is 2. The Morgan fingerprint density at radius 2 is 1.68 bits per heavy atom. The van der Waals surface area contributed by atoms with Crippen LogP contribution in [0.4, 0.5) is 4.39 Å². The van der Waals surface area contributed by atoms with Crippen LogP contribution in [0.3, 0.4) is 0 Å². The summed E-state index contributed by atoms with van der Waals surface area (Å²) in [6.07, 6.45) is 0.900. The highest BCUT2D eigenvalue weighted by Gasteiger charge is 2.42. The Kier molecular flexibility index (Phi) is 4.24. The zero-order chi connectivity index (χ0) is 19.0. The molecule has 1 aromatic heterocycles. The van der Waals surface area contributed by atoms with Crippen molar-refractivity contribution in [2.75, 3.05) is 19.8 Å². The number of rotatable bonds is 3. The number of nitrogens with zero attached hydrogens (tertiary/aromatic N) is 2. The van der Waals surface area contributed by atoms with Crippen molar-refractivity contribution in [1.82, 2.24) is 10.2 Å². The molecule has 144 valence electrons. The van der Waals surface area contributed by atoms with Crippen LogP contribution in [0.2, 0.25) is 0 Å². The first-order chi connectivity index (χ1) is 13.7. The van der Waals surface area contributed by atoms with E-state index < -0.39 is 11.5 Å². The lowest BCUT2D eigenvalue weighted by atomic mass is 9.74. The second-order valence-electron chi connectivity index (χ2n) is 7.01. The van der Waals surface area contributed by atoms with Gasteiger partial charge >= 0.3 is 0 Å². The number of para-hydroxylation sites is 2. The molecule has 0 saturated carbocycles. The van der Waals surface area contributed by atoms with Gasteiger partial charge in [0.15, 0.2) is 11.5 Å². The van der Waals surface area contributed by atoms with E-state index in [9.17, 15) is 4.39 Å². The summed E-state index contributed by atoms with van der Waals surface area (Å²) in [5, 5.41) is 8.58. The molecule has 1 atom stereocenters. The van der Waals surface area contributed by atoms with Crippen molar-refractivity contribution in [3.05, 3.63) is 71.7 Å². The summed E-state index contributed by atoms with van der Waals surface area (Å²) < 4.78 is 36.8. The molecule has 2 aromatic carbocycles. The first-order valence-electron chi connectivity index (χ1n) is 9.31. The van der Waals surface area contributed by atoms with Crippen LogP contribution in [-0.4, -0.2) is 30.0 Å². The predicted molar refractivity (Wildman–Crippen MR) is 96.8 cm³/mol. The molecule has 5 rings (SSSR count). The molecule has 0 amide bonds. The van der Waals surface area contributed by atoms with E-state index in [1.165, 1.54) is 12.1 Å². The Bertz CT molecular complexity index is 967. The van der Waals surface area contributed by atoms with Crippen molar-refractivity contribution in [3.8, 4) is 11.5 Å². The van der Waals surface area contributed by atoms with Gasteiger partial charge in [0, 0.05) is 13.2 Å². The van der Waals surface area contributed by atoms with Crippen LogP contribution in [0, 0.1) is 5.82 Å². The number of hydrogen-bond acceptors (Lipinski definition) is 6. The van der Waals surface area contributed by atoms with Crippen molar-refractivity contribution < 1.29 is 23.0 Å². The molecule has 1 unspecified atom stereocenters. The zero-order valence-corrected chi connectivity index (χ0v) is 15.1. The van der Waals surface area contributed by atoms with Crippen molar-refractivity contribution in [2.45, 2.75) is 24.4 Å². The Balaban J connectivity index is 1.47. The number of fused-ring (bicyclic) bond motifs is 1. The van der Waals surface area contributed by atoms with Gasteiger partial charge in [0.25, 0.3) is 5.89 Å². The standard InChI is InChI=1S/C21H19FN2O4/c22-15-7-5-14(6-8-15)21(9-11-25-12-10-21)20-24-23-19(28-20)18-13-26-16-3-1-2-4-17(16)27-18/h1-8,18H,9-13H2. The maximum Gasteiger partial charge on any atom is 0.260 e. The second-order valence-corrected chi connectivity index (χ2v) is 7.01. The molecule has 1 saturated heterocycles. The van der Waals surface area contributed by atoms with E-state index in [1.807, 2.05) is 24.3 Å². The van der Waals surface area contributed by atoms with Gasteiger partial charge in [-0.15, -0.1) is 10.2 Å². The summed E-state index contributed by atoms with van der Waals surface area (Å²) in [6, 6.07) is 14.0. The van der Waals surface area contributed by atoms with E-state index in [-0.39, 0.29) is 5.82 Å². The first kappa shape index (κ1) is 17.2. The molecule has 2 aliphatic heterocycles. The molecular formula is C21H19FN2O4. The quantitative estimate of drug-likeness (QED) is 0.686. The van der Waals surface area contributed by atoms with Crippen LogP contribution < -0.4 is 9.47 Å². The number of hydrogen-bond donors (Lipinski definition) is 0. The summed E-state index contributed by atoms with van der Waals surface area (Å²) in [4.78, 5) is 0. The van der Waals surface area contributed by atoms with Gasteiger partial charge in [-0.2, -0.15) is 0 Å². The highest BCUT2D eigenvalue weighted by Crippen LogP contribution is 2.42. The van der Waals surface area contributed by atoms with Crippen LogP contribution in [0.5, 0.6) is 11.5 Å². The van der Waals surface area contributed by atoms with Crippen LogP contribution in [0.25, 0.3) is 0 Å². The lowest BCUT2D eigenvalue weighted by molar-refractivity contribution is 0.0481. The molecule has 6 nitrogen and oxygen atoms in total. The van der Waals surface area contributed by atoms with E-state index in [1.54, 1.807) is 12.1 Å². The third-order valence-corrected chi connectivity index (χ3v) is 5.38. The van der Waals surface area contributed by atoms with Crippen molar-refractivity contribution in [1.29, 1.82) is 0 Å². The Morgan fingerprint density at radius 1 is 0.929 bits per heavy atom. The Labute approximate surface area is 161 Å². The van der Waals surface area contributed by atoms with E-state index in [0.29, 0.717) is 55.9 Å². The molecule has 7 heteroatoms. The molecule has 0 aliphatic carbocycles. The van der Waals surface area contributed by atoms with E-state index in [4.69, 9.17) is 18.6 Å². The molecule has 28 heavy (non-hydrogen) atoms. The summed E-state index contributed by atoms with van der Waals surface area (Å²) in [5.74, 6) is 1.95. The largest absolute Gasteiger partial charge is 0.485 e. The molecule has 0 bridgehead atoms. The molecular weight excluding hydrogens is 363 g/mol. The third-order valence-electron chi connectivity index (χ3n) is 5.38. The van der Waals surface area contributed by atoms with Gasteiger partial charge < -0.3 is 18.6 Å². The lowest BCUT2D eigenvalue weighted by Gasteiger charge is -2.34. The molecule has 2 aliphatic rings. The average molecular weight is 382 g/mol. The molecule has 3 heterocycles. The lowest BCUT2D eigenvalue weighted by Crippen LogP contribution is -2.35. The Morgan fingerprint density at radius 3 is 2.46 bits per heavy atom. The van der Waals surface area contributed by atoms with Gasteiger partial charge in [-0.05, 0) is 42.7 Å². The fourth-order valence-electron chi connectivity index (χ4n) is 3.81. The molecule has 1 fully saturated rings. The van der Waals surface area contributed by atoms with E-state index in [2.05, 4.69) is 10.2 Å². The van der Waals surface area contributed by atoms with E-state index in [0.717, 1.165) is 5.56 Å². The van der Waals surface area contributed by atoms with Crippen LogP contribution in [0.1, 0.15) is 36.3 Å². The van der Waals surface area contributed by atoms with Gasteiger partial charge in [-0.25, -0.2) is 4.39 Å². The molecule has 0 spiro atoms. The maximum atomic E-state index is 13.4. The zero-order valence-electron chi connectivity index (χ0n) is 15.1. The van der Waals surface area contributed by atoms with E-state index >= 15 is 0 Å². The SMILES string of the molecule is Fc1ccc(C2(c3nnc(C4COc5ccccc5O4)o3)CCOCC2)cc1. The third kappa shape index (κ3) is 2.92. The average Bonchev–Trinajstić information content (AvgIpc) is 3.25. The number of ether oxygens (including phenoxy) is 3. The van der Waals surface area contributed by atoms with Crippen molar-refractivity contribution >= 4 is 0 Å². The van der Waals surface area contributed by atoms with Gasteiger partial charge in [-0.3, -0.25) is 0 Å². The Hall–Kier alpha value is -2.93. The van der Waals surface area contributed by atoms with Crippen LogP contribution >= 0.6 is 0 Å². The second kappa shape index (κ2) is 6.91.